The highest BCUT2D eigenvalue weighted by molar-refractivity contribution is 6.33. The van der Waals surface area contributed by atoms with Crippen molar-refractivity contribution in [2.24, 2.45) is 0 Å². The van der Waals surface area contributed by atoms with Gasteiger partial charge in [-0.2, -0.15) is 0 Å². The first-order valence-corrected chi connectivity index (χ1v) is 6.96. The maximum Gasteiger partial charge on any atom is 0.335 e. The summed E-state index contributed by atoms with van der Waals surface area (Å²) in [5.41, 5.74) is 0.380. The quantitative estimate of drug-likeness (QED) is 0.865. The lowest BCUT2D eigenvalue weighted by molar-refractivity contribution is -0.117. The predicted molar refractivity (Wildman–Crippen MR) is 78.9 cm³/mol. The molecule has 1 amide bonds. The predicted octanol–water partition coefficient (Wildman–Crippen LogP) is 1.70. The van der Waals surface area contributed by atoms with E-state index in [0.717, 1.165) is 6.42 Å². The Morgan fingerprint density at radius 2 is 2.29 bits per heavy atom. The van der Waals surface area contributed by atoms with Gasteiger partial charge >= 0.3 is 5.97 Å². The number of aromatic carboxylic acids is 1. The number of anilines is 1. The second-order valence-corrected chi connectivity index (χ2v) is 5.39. The third-order valence-electron chi connectivity index (χ3n) is 3.41. The zero-order valence-corrected chi connectivity index (χ0v) is 12.4. The molecule has 0 aliphatic carbocycles. The lowest BCUT2D eigenvalue weighted by Gasteiger charge is -2.22. The average molecular weight is 313 g/mol. The number of rotatable bonds is 5. The Labute approximate surface area is 127 Å². The Morgan fingerprint density at radius 1 is 1.52 bits per heavy atom. The lowest BCUT2D eigenvalue weighted by atomic mass is 10.2. The molecule has 1 aliphatic rings. The Hall–Kier alpha value is -1.63. The van der Waals surface area contributed by atoms with Crippen LogP contribution in [-0.2, 0) is 9.53 Å². The van der Waals surface area contributed by atoms with E-state index in [-0.39, 0.29) is 24.1 Å². The highest BCUT2D eigenvalue weighted by Crippen LogP contribution is 2.23. The fourth-order valence-corrected chi connectivity index (χ4v) is 2.33. The van der Waals surface area contributed by atoms with Crippen LogP contribution in [0.15, 0.2) is 18.2 Å². The third-order valence-corrected chi connectivity index (χ3v) is 3.74. The number of carboxylic acids is 1. The van der Waals surface area contributed by atoms with E-state index < -0.39 is 5.97 Å². The number of carbonyl (C=O) groups excluding carboxylic acids is 1. The van der Waals surface area contributed by atoms with E-state index in [4.69, 9.17) is 21.4 Å². The lowest BCUT2D eigenvalue weighted by Crippen LogP contribution is -2.38. The molecule has 1 atom stereocenters. The van der Waals surface area contributed by atoms with Crippen molar-refractivity contribution in [2.75, 3.05) is 32.1 Å². The number of amides is 1. The first-order valence-electron chi connectivity index (χ1n) is 6.58. The first-order chi connectivity index (χ1) is 9.97. The molecule has 0 radical (unpaired) electrons. The van der Waals surface area contributed by atoms with Gasteiger partial charge in [0.15, 0.2) is 0 Å². The van der Waals surface area contributed by atoms with Crippen LogP contribution in [-0.4, -0.2) is 54.7 Å². The van der Waals surface area contributed by atoms with Gasteiger partial charge in [-0.1, -0.05) is 11.6 Å². The number of ether oxygens (including phenoxy) is 1. The molecule has 1 aromatic rings. The minimum absolute atomic E-state index is 0.0762. The van der Waals surface area contributed by atoms with Crippen LogP contribution < -0.4 is 5.32 Å². The molecule has 1 heterocycles. The zero-order valence-electron chi connectivity index (χ0n) is 11.6. The van der Waals surface area contributed by atoms with E-state index >= 15 is 0 Å². The van der Waals surface area contributed by atoms with Gasteiger partial charge in [0.1, 0.15) is 0 Å². The normalized spacial score (nSPS) is 18.0. The van der Waals surface area contributed by atoms with Crippen molar-refractivity contribution < 1.29 is 19.4 Å². The van der Waals surface area contributed by atoms with Crippen molar-refractivity contribution in [1.82, 2.24) is 4.90 Å². The summed E-state index contributed by atoms with van der Waals surface area (Å²) in [5.74, 6) is -1.31. The monoisotopic (exact) mass is 312 g/mol. The SMILES string of the molecule is CN(CC(=O)Nc1cc(C(=O)O)ccc1Cl)C1CCOC1. The highest BCUT2D eigenvalue weighted by atomic mass is 35.5. The van der Waals surface area contributed by atoms with Gasteiger partial charge in [0.25, 0.3) is 0 Å². The number of halogens is 1. The van der Waals surface area contributed by atoms with Gasteiger partial charge in [-0.3, -0.25) is 9.69 Å². The van der Waals surface area contributed by atoms with Crippen molar-refractivity contribution in [2.45, 2.75) is 12.5 Å². The smallest absolute Gasteiger partial charge is 0.335 e. The molecule has 21 heavy (non-hydrogen) atoms. The molecule has 0 spiro atoms. The van der Waals surface area contributed by atoms with E-state index in [1.165, 1.54) is 18.2 Å². The number of hydrogen-bond donors (Lipinski definition) is 2. The van der Waals surface area contributed by atoms with Crippen molar-refractivity contribution in [3.63, 3.8) is 0 Å². The van der Waals surface area contributed by atoms with Gasteiger partial charge in [-0.15, -0.1) is 0 Å². The van der Waals surface area contributed by atoms with Crippen LogP contribution in [0.25, 0.3) is 0 Å². The average Bonchev–Trinajstić information content (AvgIpc) is 2.95. The summed E-state index contributed by atoms with van der Waals surface area (Å²) in [4.78, 5) is 24.9. The second kappa shape index (κ2) is 6.89. The molecule has 6 nitrogen and oxygen atoms in total. The van der Waals surface area contributed by atoms with Crippen molar-refractivity contribution >= 4 is 29.2 Å². The molecule has 0 saturated carbocycles. The molecule has 0 bridgehead atoms. The molecule has 1 unspecified atom stereocenters. The van der Waals surface area contributed by atoms with Crippen LogP contribution in [0.5, 0.6) is 0 Å². The van der Waals surface area contributed by atoms with Crippen LogP contribution in [0.3, 0.4) is 0 Å². The van der Waals surface area contributed by atoms with Crippen LogP contribution in [0.2, 0.25) is 5.02 Å². The number of nitrogens with one attached hydrogen (secondary N) is 1. The number of carbonyl (C=O) groups is 2. The van der Waals surface area contributed by atoms with Crippen LogP contribution in [0, 0.1) is 0 Å². The largest absolute Gasteiger partial charge is 0.478 e. The number of benzene rings is 1. The summed E-state index contributed by atoms with van der Waals surface area (Å²) >= 11 is 5.97. The van der Waals surface area contributed by atoms with Gasteiger partial charge < -0.3 is 15.2 Å². The number of nitrogens with zero attached hydrogens (tertiary/aromatic N) is 1. The van der Waals surface area contributed by atoms with Gasteiger partial charge in [0.05, 0.1) is 29.4 Å². The summed E-state index contributed by atoms with van der Waals surface area (Å²) in [6.07, 6.45) is 0.902. The van der Waals surface area contributed by atoms with Crippen molar-refractivity contribution in [3.05, 3.63) is 28.8 Å². The molecular formula is C14H17ClN2O4. The summed E-state index contributed by atoms with van der Waals surface area (Å²) in [6, 6.07) is 4.43. The maximum absolute atomic E-state index is 12.0. The number of likely N-dealkylation sites (N-methyl/N-ethyl adjacent to an activating group) is 1. The van der Waals surface area contributed by atoms with Crippen molar-refractivity contribution in [1.29, 1.82) is 0 Å². The second-order valence-electron chi connectivity index (χ2n) is 4.98. The molecule has 7 heteroatoms. The van der Waals surface area contributed by atoms with E-state index in [1.54, 1.807) is 0 Å². The molecule has 2 N–H and O–H groups in total. The Bertz CT molecular complexity index is 544. The van der Waals surface area contributed by atoms with Crippen LogP contribution in [0.4, 0.5) is 5.69 Å². The Morgan fingerprint density at radius 3 is 2.90 bits per heavy atom. The molecule has 0 aromatic heterocycles. The molecular weight excluding hydrogens is 296 g/mol. The summed E-state index contributed by atoms with van der Waals surface area (Å²) < 4.78 is 5.28. The van der Waals surface area contributed by atoms with Crippen LogP contribution in [0.1, 0.15) is 16.8 Å². The number of hydrogen-bond acceptors (Lipinski definition) is 4. The topological polar surface area (TPSA) is 78.9 Å². The van der Waals surface area contributed by atoms with E-state index in [1.807, 2.05) is 11.9 Å². The molecule has 1 aromatic carbocycles. The summed E-state index contributed by atoms with van der Waals surface area (Å²) in [6.45, 7) is 1.53. The zero-order chi connectivity index (χ0) is 15.4. The van der Waals surface area contributed by atoms with Crippen LogP contribution >= 0.6 is 11.6 Å². The van der Waals surface area contributed by atoms with E-state index in [9.17, 15) is 9.59 Å². The fourth-order valence-electron chi connectivity index (χ4n) is 2.17. The summed E-state index contributed by atoms with van der Waals surface area (Å²) in [7, 11) is 1.86. The standard InChI is InChI=1S/C14H17ClN2O4/c1-17(10-4-5-21-8-10)7-13(18)16-12-6-9(14(19)20)2-3-11(12)15/h2-3,6,10H,4-5,7-8H2,1H3,(H,16,18)(H,19,20). The number of carboxylic acid groups (broad SMARTS) is 1. The molecule has 1 aliphatic heterocycles. The minimum Gasteiger partial charge on any atom is -0.478 e. The van der Waals surface area contributed by atoms with E-state index in [2.05, 4.69) is 5.32 Å². The molecule has 114 valence electrons. The van der Waals surface area contributed by atoms with E-state index in [0.29, 0.717) is 23.9 Å². The van der Waals surface area contributed by atoms with Crippen molar-refractivity contribution in [3.8, 4) is 0 Å². The summed E-state index contributed by atoms with van der Waals surface area (Å²) in [5, 5.41) is 11.9. The van der Waals surface area contributed by atoms with Gasteiger partial charge in [0.2, 0.25) is 5.91 Å². The molecule has 2 rings (SSSR count). The minimum atomic E-state index is -1.07. The molecule has 1 saturated heterocycles. The fraction of sp³-hybridized carbons (Fsp3) is 0.429. The Balaban J connectivity index is 1.98. The van der Waals surface area contributed by atoms with Gasteiger partial charge in [-0.25, -0.2) is 4.79 Å². The van der Waals surface area contributed by atoms with Gasteiger partial charge in [-0.05, 0) is 31.7 Å². The Kier molecular flexibility index (Phi) is 5.17. The third kappa shape index (κ3) is 4.17. The maximum atomic E-state index is 12.0. The van der Waals surface area contributed by atoms with Gasteiger partial charge in [0, 0.05) is 12.6 Å². The first kappa shape index (κ1) is 15.8. The highest BCUT2D eigenvalue weighted by Gasteiger charge is 2.22. The molecule has 1 fully saturated rings.